The zero-order valence-corrected chi connectivity index (χ0v) is 17.2. The Morgan fingerprint density at radius 1 is 0.933 bits per heavy atom. The standard InChI is InChI=1S/C26H27NO3/c1-30-24-15-13-22(14-16-24)25(27-17-5-8-23(18-27)26(28)29)21-11-9-20(10-12-21)19-6-3-2-4-7-19/h2-4,6-7,9-16,23,25H,5,8,17-18H2,1H3,(H,28,29). The average molecular weight is 402 g/mol. The van der Waals surface area contributed by atoms with Crippen molar-refractivity contribution in [3.8, 4) is 16.9 Å². The lowest BCUT2D eigenvalue weighted by Crippen LogP contribution is -2.41. The average Bonchev–Trinajstić information content (AvgIpc) is 2.81. The zero-order valence-electron chi connectivity index (χ0n) is 17.2. The van der Waals surface area contributed by atoms with Crippen LogP contribution in [0.4, 0.5) is 0 Å². The van der Waals surface area contributed by atoms with Crippen molar-refractivity contribution in [2.75, 3.05) is 20.2 Å². The van der Waals surface area contributed by atoms with Crippen molar-refractivity contribution in [3.05, 3.63) is 90.0 Å². The third-order valence-electron chi connectivity index (χ3n) is 5.93. The van der Waals surface area contributed by atoms with E-state index in [4.69, 9.17) is 4.74 Å². The predicted octanol–water partition coefficient (Wildman–Crippen LogP) is 5.25. The molecule has 0 bridgehead atoms. The van der Waals surface area contributed by atoms with Gasteiger partial charge in [-0.2, -0.15) is 0 Å². The summed E-state index contributed by atoms with van der Waals surface area (Å²) in [6, 6.07) is 27.1. The number of aliphatic carboxylic acids is 1. The summed E-state index contributed by atoms with van der Waals surface area (Å²) in [6.07, 6.45) is 1.64. The lowest BCUT2D eigenvalue weighted by atomic mass is 9.90. The molecular weight excluding hydrogens is 374 g/mol. The molecule has 1 aliphatic rings. The number of carbonyl (C=O) groups is 1. The monoisotopic (exact) mass is 401 g/mol. The van der Waals surface area contributed by atoms with Crippen LogP contribution in [0.3, 0.4) is 0 Å². The van der Waals surface area contributed by atoms with Crippen LogP contribution in [0.2, 0.25) is 0 Å². The smallest absolute Gasteiger partial charge is 0.307 e. The van der Waals surface area contributed by atoms with E-state index in [0.29, 0.717) is 6.54 Å². The molecule has 0 aromatic heterocycles. The van der Waals surface area contributed by atoms with E-state index in [0.717, 1.165) is 30.7 Å². The fourth-order valence-electron chi connectivity index (χ4n) is 4.33. The van der Waals surface area contributed by atoms with E-state index >= 15 is 0 Å². The maximum atomic E-state index is 11.6. The summed E-state index contributed by atoms with van der Waals surface area (Å²) >= 11 is 0. The molecule has 0 spiro atoms. The number of likely N-dealkylation sites (tertiary alicyclic amines) is 1. The van der Waals surface area contributed by atoms with Gasteiger partial charge in [0.05, 0.1) is 19.1 Å². The fraction of sp³-hybridized carbons (Fsp3) is 0.269. The van der Waals surface area contributed by atoms with Gasteiger partial charge in [-0.15, -0.1) is 0 Å². The third kappa shape index (κ3) is 4.39. The molecule has 1 aliphatic heterocycles. The molecular formula is C26H27NO3. The first-order valence-corrected chi connectivity index (χ1v) is 10.4. The lowest BCUT2D eigenvalue weighted by molar-refractivity contribution is -0.143. The highest BCUT2D eigenvalue weighted by molar-refractivity contribution is 5.70. The maximum absolute atomic E-state index is 11.6. The van der Waals surface area contributed by atoms with E-state index in [1.807, 2.05) is 30.3 Å². The van der Waals surface area contributed by atoms with Crippen molar-refractivity contribution in [1.29, 1.82) is 0 Å². The molecule has 4 rings (SSSR count). The van der Waals surface area contributed by atoms with Crippen LogP contribution in [-0.4, -0.2) is 36.2 Å². The minimum absolute atomic E-state index is 0.0166. The van der Waals surface area contributed by atoms with Crippen LogP contribution in [0.25, 0.3) is 11.1 Å². The Labute approximate surface area is 177 Å². The van der Waals surface area contributed by atoms with Gasteiger partial charge < -0.3 is 9.84 Å². The van der Waals surface area contributed by atoms with Gasteiger partial charge in [0.15, 0.2) is 0 Å². The van der Waals surface area contributed by atoms with Crippen molar-refractivity contribution < 1.29 is 14.6 Å². The first-order valence-electron chi connectivity index (χ1n) is 10.4. The molecule has 3 aromatic rings. The highest BCUT2D eigenvalue weighted by Gasteiger charge is 2.31. The summed E-state index contributed by atoms with van der Waals surface area (Å²) in [4.78, 5) is 13.9. The van der Waals surface area contributed by atoms with Crippen LogP contribution in [0, 0.1) is 5.92 Å². The lowest BCUT2D eigenvalue weighted by Gasteiger charge is -2.37. The molecule has 0 radical (unpaired) electrons. The van der Waals surface area contributed by atoms with Gasteiger partial charge in [-0.1, -0.05) is 66.7 Å². The molecule has 2 atom stereocenters. The fourth-order valence-corrected chi connectivity index (χ4v) is 4.33. The summed E-state index contributed by atoms with van der Waals surface area (Å²) < 4.78 is 5.32. The van der Waals surface area contributed by atoms with Gasteiger partial charge in [0.2, 0.25) is 0 Å². The summed E-state index contributed by atoms with van der Waals surface area (Å²) in [5.74, 6) is -0.199. The Morgan fingerprint density at radius 2 is 1.53 bits per heavy atom. The second-order valence-corrected chi connectivity index (χ2v) is 7.84. The van der Waals surface area contributed by atoms with Gasteiger partial charge in [-0.25, -0.2) is 0 Å². The van der Waals surface area contributed by atoms with E-state index in [1.165, 1.54) is 16.7 Å². The van der Waals surface area contributed by atoms with Crippen molar-refractivity contribution in [3.63, 3.8) is 0 Å². The second kappa shape index (κ2) is 9.14. The maximum Gasteiger partial charge on any atom is 0.307 e. The van der Waals surface area contributed by atoms with Crippen LogP contribution in [0.15, 0.2) is 78.9 Å². The van der Waals surface area contributed by atoms with E-state index < -0.39 is 5.97 Å². The topological polar surface area (TPSA) is 49.8 Å². The summed E-state index contributed by atoms with van der Waals surface area (Å²) in [6.45, 7) is 1.45. The molecule has 1 heterocycles. The minimum atomic E-state index is -0.701. The van der Waals surface area contributed by atoms with Gasteiger partial charge in [0.1, 0.15) is 5.75 Å². The van der Waals surface area contributed by atoms with Crippen molar-refractivity contribution in [2.24, 2.45) is 5.92 Å². The molecule has 0 saturated carbocycles. The van der Waals surface area contributed by atoms with Crippen LogP contribution in [-0.2, 0) is 4.79 Å². The molecule has 2 unspecified atom stereocenters. The number of hydrogen-bond donors (Lipinski definition) is 1. The molecule has 1 N–H and O–H groups in total. The van der Waals surface area contributed by atoms with Crippen molar-refractivity contribution in [1.82, 2.24) is 4.90 Å². The Hall–Kier alpha value is -3.11. The van der Waals surface area contributed by atoms with E-state index in [9.17, 15) is 9.90 Å². The first kappa shape index (κ1) is 20.2. The van der Waals surface area contributed by atoms with Crippen LogP contribution >= 0.6 is 0 Å². The summed E-state index contributed by atoms with van der Waals surface area (Å²) in [5.41, 5.74) is 4.68. The van der Waals surface area contributed by atoms with Crippen LogP contribution in [0.1, 0.15) is 30.0 Å². The van der Waals surface area contributed by atoms with Gasteiger partial charge in [-0.05, 0) is 53.8 Å². The van der Waals surface area contributed by atoms with Gasteiger partial charge in [0, 0.05) is 6.54 Å². The highest BCUT2D eigenvalue weighted by Crippen LogP contribution is 2.34. The number of benzene rings is 3. The van der Waals surface area contributed by atoms with Gasteiger partial charge in [-0.3, -0.25) is 9.69 Å². The number of piperidine rings is 1. The molecule has 4 heteroatoms. The van der Waals surface area contributed by atoms with Crippen LogP contribution in [0.5, 0.6) is 5.75 Å². The van der Waals surface area contributed by atoms with E-state index in [-0.39, 0.29) is 12.0 Å². The number of ether oxygens (including phenoxy) is 1. The molecule has 4 nitrogen and oxygen atoms in total. The summed E-state index contributed by atoms with van der Waals surface area (Å²) in [7, 11) is 1.66. The van der Waals surface area contributed by atoms with E-state index in [2.05, 4.69) is 53.4 Å². The SMILES string of the molecule is COc1ccc(C(c2ccc(-c3ccccc3)cc2)N2CCCC(C(=O)O)C2)cc1. The van der Waals surface area contributed by atoms with Crippen molar-refractivity contribution in [2.45, 2.75) is 18.9 Å². The Bertz CT molecular complexity index is 967. The summed E-state index contributed by atoms with van der Waals surface area (Å²) in [5, 5.41) is 9.57. The molecule has 1 saturated heterocycles. The first-order chi connectivity index (χ1) is 14.7. The number of carboxylic acid groups (broad SMARTS) is 1. The highest BCUT2D eigenvalue weighted by atomic mass is 16.5. The number of nitrogens with zero attached hydrogens (tertiary/aromatic N) is 1. The van der Waals surface area contributed by atoms with Gasteiger partial charge in [0.25, 0.3) is 0 Å². The second-order valence-electron chi connectivity index (χ2n) is 7.84. The van der Waals surface area contributed by atoms with E-state index in [1.54, 1.807) is 7.11 Å². The quantitative estimate of drug-likeness (QED) is 0.613. The molecule has 0 amide bonds. The van der Waals surface area contributed by atoms with Crippen molar-refractivity contribution >= 4 is 5.97 Å². The third-order valence-corrected chi connectivity index (χ3v) is 5.93. The normalized spacial score (nSPS) is 18.0. The molecule has 1 fully saturated rings. The van der Waals surface area contributed by atoms with Gasteiger partial charge >= 0.3 is 5.97 Å². The molecule has 154 valence electrons. The predicted molar refractivity (Wildman–Crippen MR) is 119 cm³/mol. The Kier molecular flexibility index (Phi) is 6.15. The zero-order chi connectivity index (χ0) is 20.9. The van der Waals surface area contributed by atoms with Crippen LogP contribution < -0.4 is 4.74 Å². The minimum Gasteiger partial charge on any atom is -0.497 e. The Morgan fingerprint density at radius 3 is 2.13 bits per heavy atom. The number of carboxylic acids is 1. The molecule has 30 heavy (non-hydrogen) atoms. The Balaban J connectivity index is 1.68. The molecule has 0 aliphatic carbocycles. The number of hydrogen-bond acceptors (Lipinski definition) is 3. The number of methoxy groups -OCH3 is 1. The molecule has 3 aromatic carbocycles. The number of rotatable bonds is 6. The largest absolute Gasteiger partial charge is 0.497 e.